The van der Waals surface area contributed by atoms with E-state index in [-0.39, 0.29) is 40.1 Å². The first kappa shape index (κ1) is 14.9. The van der Waals surface area contributed by atoms with Crippen LogP contribution in [0.2, 0.25) is 0 Å². The van der Waals surface area contributed by atoms with Crippen LogP contribution in [-0.4, -0.2) is 4.57 Å². The Bertz CT molecular complexity index is 656. The monoisotopic (exact) mass is 264 g/mol. The van der Waals surface area contributed by atoms with Gasteiger partial charge in [-0.05, 0) is 25.1 Å². The first-order valence-electron chi connectivity index (χ1n) is 5.03. The summed E-state index contributed by atoms with van der Waals surface area (Å²) in [5, 5.41) is 9.15. The van der Waals surface area contributed by atoms with Gasteiger partial charge in [0.1, 0.15) is 0 Å². The number of hydrogen-bond donors (Lipinski definition) is 0. The summed E-state index contributed by atoms with van der Waals surface area (Å²) in [6, 6.07) is 12.2. The van der Waals surface area contributed by atoms with E-state index >= 15 is 0 Å². The summed E-state index contributed by atoms with van der Waals surface area (Å²) in [6.07, 6.45) is 0. The van der Waals surface area contributed by atoms with E-state index in [1.807, 2.05) is 37.3 Å². The van der Waals surface area contributed by atoms with Gasteiger partial charge >= 0.3 is 29.6 Å². The normalized spacial score (nSPS) is 9.33. The Morgan fingerprint density at radius 3 is 2.33 bits per heavy atom. The van der Waals surface area contributed by atoms with Crippen LogP contribution in [0.15, 0.2) is 46.2 Å². The molecule has 0 radical (unpaired) electrons. The third-order valence-corrected chi connectivity index (χ3v) is 2.86. The fourth-order valence-electron chi connectivity index (χ4n) is 1.54. The van der Waals surface area contributed by atoms with Crippen LogP contribution in [-0.2, 0) is 12.6 Å². The zero-order valence-corrected chi connectivity index (χ0v) is 13.0. The summed E-state index contributed by atoms with van der Waals surface area (Å²) in [6.45, 7) is 1.97. The third kappa shape index (κ3) is 2.82. The summed E-state index contributed by atoms with van der Waals surface area (Å²) in [4.78, 5) is 11.8. The van der Waals surface area contributed by atoms with Gasteiger partial charge in [0.25, 0.3) is 5.56 Å². The molecule has 5 heteroatoms. The molecule has 0 fully saturated rings. The van der Waals surface area contributed by atoms with Crippen LogP contribution in [0, 0.1) is 18.3 Å². The van der Waals surface area contributed by atoms with Gasteiger partial charge in [-0.1, -0.05) is 22.7 Å². The molecule has 0 spiro atoms. The van der Waals surface area contributed by atoms with Crippen LogP contribution in [0.4, 0.5) is 0 Å². The summed E-state index contributed by atoms with van der Waals surface area (Å²) in [5.41, 5.74) is 1.89. The van der Waals surface area contributed by atoms with E-state index in [9.17, 15) is 4.79 Å². The van der Waals surface area contributed by atoms with Crippen molar-refractivity contribution in [1.82, 2.24) is 4.57 Å². The van der Waals surface area contributed by atoms with Crippen LogP contribution >= 0.6 is 0 Å². The molecule has 0 aliphatic rings. The summed E-state index contributed by atoms with van der Waals surface area (Å²) in [5.74, 6) is 0. The van der Waals surface area contributed by atoms with Crippen molar-refractivity contribution in [1.29, 1.82) is 5.26 Å². The average molecular weight is 264 g/mol. The molecule has 0 atom stereocenters. The molecule has 1 heterocycles. The molecule has 0 aliphatic heterocycles. The molecule has 0 aliphatic carbocycles. The van der Waals surface area contributed by atoms with Crippen LogP contribution in [0.25, 0.3) is 5.69 Å². The molecule has 0 amide bonds. The van der Waals surface area contributed by atoms with Crippen molar-refractivity contribution in [3.05, 3.63) is 57.9 Å². The maximum Gasteiger partial charge on any atom is 1.00 e. The number of nitriles is 1. The number of aromatic nitrogens is 1. The second-order valence-corrected chi connectivity index (χ2v) is 4.06. The van der Waals surface area contributed by atoms with Gasteiger partial charge < -0.3 is 17.2 Å². The molecule has 3 nitrogen and oxygen atoms in total. The predicted molar refractivity (Wildman–Crippen MR) is 67.1 cm³/mol. The van der Waals surface area contributed by atoms with Crippen molar-refractivity contribution in [2.45, 2.75) is 11.9 Å². The largest absolute Gasteiger partial charge is 1.00 e. The van der Waals surface area contributed by atoms with Gasteiger partial charge in [-0.15, -0.1) is 0 Å². The van der Waals surface area contributed by atoms with Gasteiger partial charge in [0.2, 0.25) is 0 Å². The van der Waals surface area contributed by atoms with Gasteiger partial charge in [-0.2, -0.15) is 5.26 Å². The molecule has 84 valence electrons. The van der Waals surface area contributed by atoms with E-state index in [2.05, 4.69) is 0 Å². The van der Waals surface area contributed by atoms with Gasteiger partial charge in [0.05, 0.1) is 6.07 Å². The fraction of sp³-hybridized carbons (Fsp3) is 0.0769. The molecule has 0 bridgehead atoms. The number of rotatable bonds is 1. The summed E-state index contributed by atoms with van der Waals surface area (Å²) >= 11 is 5.13. The standard InChI is InChI=1S/C13H10N2OS.Na/c1-9-2-5-11(6-3-9)15-12(16)7-4-10(8-14)13(15)17;/h2-7,17H,1H3;/q;+1/p-1. The molecule has 2 rings (SSSR count). The topological polar surface area (TPSA) is 45.8 Å². The average Bonchev–Trinajstić information content (AvgIpc) is 2.32. The van der Waals surface area contributed by atoms with Crippen LogP contribution < -0.4 is 35.1 Å². The number of nitrogens with zero attached hydrogens (tertiary/aromatic N) is 2. The van der Waals surface area contributed by atoms with Crippen LogP contribution in [0.5, 0.6) is 0 Å². The fourth-order valence-corrected chi connectivity index (χ4v) is 1.85. The van der Waals surface area contributed by atoms with Crippen molar-refractivity contribution in [2.24, 2.45) is 0 Å². The Labute approximate surface area is 133 Å². The summed E-state index contributed by atoms with van der Waals surface area (Å²) < 4.78 is 1.37. The van der Waals surface area contributed by atoms with Gasteiger partial charge in [-0.3, -0.25) is 4.79 Å². The van der Waals surface area contributed by atoms with E-state index in [1.54, 1.807) is 0 Å². The molecule has 1 aromatic heterocycles. The van der Waals surface area contributed by atoms with Crippen LogP contribution in [0.3, 0.4) is 0 Å². The van der Waals surface area contributed by atoms with Crippen molar-refractivity contribution < 1.29 is 29.6 Å². The van der Waals surface area contributed by atoms with E-state index < -0.39 is 0 Å². The zero-order chi connectivity index (χ0) is 12.4. The smallest absolute Gasteiger partial charge is 0.760 e. The number of aryl methyl sites for hydroxylation is 1. The molecule has 0 N–H and O–H groups in total. The number of hydrogen-bond acceptors (Lipinski definition) is 3. The first-order chi connectivity index (χ1) is 8.13. The van der Waals surface area contributed by atoms with E-state index in [4.69, 9.17) is 17.9 Å². The Hall–Kier alpha value is -1.12. The van der Waals surface area contributed by atoms with Crippen molar-refractivity contribution in [2.75, 3.05) is 0 Å². The first-order valence-corrected chi connectivity index (χ1v) is 5.44. The molecule has 0 saturated heterocycles. The summed E-state index contributed by atoms with van der Waals surface area (Å²) in [7, 11) is 0. The molecule has 1 aromatic carbocycles. The zero-order valence-electron chi connectivity index (χ0n) is 10.2. The van der Waals surface area contributed by atoms with Gasteiger partial charge in [0.15, 0.2) is 0 Å². The van der Waals surface area contributed by atoms with Crippen molar-refractivity contribution >= 4 is 12.6 Å². The minimum Gasteiger partial charge on any atom is -0.760 e. The van der Waals surface area contributed by atoms with Gasteiger partial charge in [0, 0.05) is 17.3 Å². The van der Waals surface area contributed by atoms with Crippen LogP contribution in [0.1, 0.15) is 11.1 Å². The molecular weight excluding hydrogens is 255 g/mol. The van der Waals surface area contributed by atoms with E-state index in [0.717, 1.165) is 5.56 Å². The number of pyridine rings is 1. The maximum absolute atomic E-state index is 11.8. The molecule has 0 unspecified atom stereocenters. The van der Waals surface area contributed by atoms with Gasteiger partial charge in [-0.25, -0.2) is 0 Å². The Morgan fingerprint density at radius 1 is 1.17 bits per heavy atom. The SMILES string of the molecule is Cc1ccc(-n2c([S-])c(C#N)ccc2=O)cc1.[Na+]. The molecule has 2 aromatic rings. The second-order valence-electron chi connectivity index (χ2n) is 3.67. The number of benzene rings is 1. The Balaban J connectivity index is 0.00000162. The quantitative estimate of drug-likeness (QED) is 0.486. The molecule has 18 heavy (non-hydrogen) atoms. The van der Waals surface area contributed by atoms with Crippen molar-refractivity contribution in [3.63, 3.8) is 0 Å². The third-order valence-electron chi connectivity index (χ3n) is 2.46. The minimum atomic E-state index is -0.224. The van der Waals surface area contributed by atoms with E-state index in [1.165, 1.54) is 16.7 Å². The molecule has 0 saturated carbocycles. The predicted octanol–water partition coefficient (Wildman–Crippen LogP) is -1.07. The van der Waals surface area contributed by atoms with E-state index in [0.29, 0.717) is 11.3 Å². The maximum atomic E-state index is 11.8. The molecular formula is C13H9N2NaOS. The minimum absolute atomic E-state index is 0. The Kier molecular flexibility index (Phi) is 5.12. The van der Waals surface area contributed by atoms with Crippen molar-refractivity contribution in [3.8, 4) is 11.8 Å². The second kappa shape index (κ2) is 6.17. The Morgan fingerprint density at radius 2 is 1.78 bits per heavy atom.